The Morgan fingerprint density at radius 1 is 1.05 bits per heavy atom. The number of carbonyl (C=O) groups is 2. The molecule has 0 rings (SSSR count). The molecule has 0 unspecified atom stereocenters. The van der Waals surface area contributed by atoms with Gasteiger partial charge in [0, 0.05) is 6.54 Å². The van der Waals surface area contributed by atoms with Gasteiger partial charge in [0.05, 0.1) is 12.2 Å². The molecule has 20 heavy (non-hydrogen) atoms. The molecular formula is C14H27NO5. The van der Waals surface area contributed by atoms with E-state index in [1.165, 1.54) is 0 Å². The molecule has 6 nitrogen and oxygen atoms in total. The highest BCUT2D eigenvalue weighted by Crippen LogP contribution is 2.25. The quantitative estimate of drug-likeness (QED) is 0.568. The number of carboxylic acid groups (broad SMARTS) is 1. The van der Waals surface area contributed by atoms with E-state index in [0.717, 1.165) is 0 Å². The summed E-state index contributed by atoms with van der Waals surface area (Å²) in [5.41, 5.74) is -3.06. The fourth-order valence-corrected chi connectivity index (χ4v) is 1.42. The Bertz CT molecular complexity index is 354. The Hall–Kier alpha value is -1.14. The monoisotopic (exact) mass is 289 g/mol. The number of rotatable bonds is 6. The third-order valence-corrected chi connectivity index (χ3v) is 2.43. The number of nitrogens with one attached hydrogen (secondary N) is 1. The lowest BCUT2D eigenvalue weighted by Crippen LogP contribution is -2.53. The molecule has 0 fully saturated rings. The summed E-state index contributed by atoms with van der Waals surface area (Å²) in [5, 5.41) is 12.2. The topological polar surface area (TPSA) is 84.9 Å². The molecule has 6 heteroatoms. The van der Waals surface area contributed by atoms with Gasteiger partial charge in [0.1, 0.15) is 5.60 Å². The molecule has 0 heterocycles. The SMILES string of the molecule is CNC[C@](COC(C)(C)C)(C(=O)O)C(=O)OC(C)(C)C. The van der Waals surface area contributed by atoms with Gasteiger partial charge in [-0.15, -0.1) is 0 Å². The van der Waals surface area contributed by atoms with E-state index in [0.29, 0.717) is 0 Å². The molecule has 0 aliphatic rings. The highest BCUT2D eigenvalue weighted by molar-refractivity contribution is 5.99. The minimum atomic E-state index is -1.75. The van der Waals surface area contributed by atoms with E-state index in [4.69, 9.17) is 9.47 Å². The zero-order chi connectivity index (χ0) is 16.2. The summed E-state index contributed by atoms with van der Waals surface area (Å²) >= 11 is 0. The molecule has 0 aromatic rings. The van der Waals surface area contributed by atoms with Crippen molar-refractivity contribution >= 4 is 11.9 Å². The smallest absolute Gasteiger partial charge is 0.327 e. The van der Waals surface area contributed by atoms with Crippen LogP contribution in [0, 0.1) is 5.41 Å². The number of carbonyl (C=O) groups excluding carboxylic acids is 1. The summed E-state index contributed by atoms with van der Waals surface area (Å²) in [5.74, 6) is -2.05. The Kier molecular flexibility index (Phi) is 6.17. The number of carboxylic acids is 1. The van der Waals surface area contributed by atoms with Crippen LogP contribution in [-0.4, -0.2) is 48.4 Å². The molecule has 0 saturated heterocycles. The third-order valence-electron chi connectivity index (χ3n) is 2.43. The van der Waals surface area contributed by atoms with Gasteiger partial charge in [0.2, 0.25) is 0 Å². The molecule has 0 aromatic carbocycles. The van der Waals surface area contributed by atoms with Crippen LogP contribution in [0.4, 0.5) is 0 Å². The summed E-state index contributed by atoms with van der Waals surface area (Å²) in [6.07, 6.45) is 0. The average molecular weight is 289 g/mol. The van der Waals surface area contributed by atoms with Gasteiger partial charge in [-0.25, -0.2) is 0 Å². The molecule has 0 bridgehead atoms. The average Bonchev–Trinajstić information content (AvgIpc) is 2.19. The molecule has 0 radical (unpaired) electrons. The largest absolute Gasteiger partial charge is 0.480 e. The molecule has 118 valence electrons. The maximum Gasteiger partial charge on any atom is 0.327 e. The van der Waals surface area contributed by atoms with Gasteiger partial charge in [-0.05, 0) is 48.6 Å². The van der Waals surface area contributed by atoms with Crippen LogP contribution in [0.15, 0.2) is 0 Å². The van der Waals surface area contributed by atoms with Crippen LogP contribution in [0.2, 0.25) is 0 Å². The fourth-order valence-electron chi connectivity index (χ4n) is 1.42. The first-order chi connectivity index (χ1) is 8.84. The van der Waals surface area contributed by atoms with Gasteiger partial charge in [-0.1, -0.05) is 0 Å². The van der Waals surface area contributed by atoms with E-state index in [1.807, 2.05) is 0 Å². The van der Waals surface area contributed by atoms with Gasteiger partial charge >= 0.3 is 11.9 Å². The number of ether oxygens (including phenoxy) is 2. The summed E-state index contributed by atoms with van der Waals surface area (Å²) < 4.78 is 10.8. The maximum absolute atomic E-state index is 12.3. The van der Waals surface area contributed by atoms with Crippen molar-refractivity contribution in [3.8, 4) is 0 Å². The number of esters is 1. The zero-order valence-electron chi connectivity index (χ0n) is 13.5. The Morgan fingerprint density at radius 2 is 1.55 bits per heavy atom. The lowest BCUT2D eigenvalue weighted by molar-refractivity contribution is -0.184. The normalized spacial score (nSPS) is 15.6. The van der Waals surface area contributed by atoms with Crippen molar-refractivity contribution in [2.24, 2.45) is 5.41 Å². The number of hydrogen-bond acceptors (Lipinski definition) is 5. The first-order valence-corrected chi connectivity index (χ1v) is 6.59. The van der Waals surface area contributed by atoms with Gasteiger partial charge in [-0.3, -0.25) is 9.59 Å². The van der Waals surface area contributed by atoms with Crippen LogP contribution in [0.1, 0.15) is 41.5 Å². The number of aliphatic carboxylic acids is 1. The molecule has 0 spiro atoms. The van der Waals surface area contributed by atoms with Crippen molar-refractivity contribution in [2.75, 3.05) is 20.2 Å². The van der Waals surface area contributed by atoms with Crippen molar-refractivity contribution in [2.45, 2.75) is 52.7 Å². The van der Waals surface area contributed by atoms with Crippen LogP contribution in [-0.2, 0) is 19.1 Å². The van der Waals surface area contributed by atoms with Crippen LogP contribution < -0.4 is 5.32 Å². The van der Waals surface area contributed by atoms with Crippen molar-refractivity contribution in [3.63, 3.8) is 0 Å². The predicted molar refractivity (Wildman–Crippen MR) is 75.5 cm³/mol. The van der Waals surface area contributed by atoms with Gasteiger partial charge in [0.15, 0.2) is 5.41 Å². The Labute approximate surface area is 120 Å². The zero-order valence-corrected chi connectivity index (χ0v) is 13.5. The van der Waals surface area contributed by atoms with Gasteiger partial charge in [0.25, 0.3) is 0 Å². The lowest BCUT2D eigenvalue weighted by Gasteiger charge is -2.33. The Balaban J connectivity index is 5.32. The van der Waals surface area contributed by atoms with Crippen molar-refractivity contribution in [1.82, 2.24) is 5.32 Å². The third kappa shape index (κ3) is 5.88. The van der Waals surface area contributed by atoms with E-state index >= 15 is 0 Å². The van der Waals surface area contributed by atoms with Crippen molar-refractivity contribution in [3.05, 3.63) is 0 Å². The molecule has 0 amide bonds. The first-order valence-electron chi connectivity index (χ1n) is 6.59. The minimum Gasteiger partial charge on any atom is -0.480 e. The summed E-state index contributed by atoms with van der Waals surface area (Å²) in [4.78, 5) is 23.9. The second-order valence-electron chi connectivity index (χ2n) is 6.82. The van der Waals surface area contributed by atoms with Gasteiger partial charge in [-0.2, -0.15) is 0 Å². The summed E-state index contributed by atoms with van der Waals surface area (Å²) in [6, 6.07) is 0. The molecule has 0 saturated carbocycles. The fraction of sp³-hybridized carbons (Fsp3) is 0.857. The van der Waals surface area contributed by atoms with Crippen LogP contribution in [0.3, 0.4) is 0 Å². The second kappa shape index (κ2) is 6.54. The van der Waals surface area contributed by atoms with Crippen LogP contribution in [0.5, 0.6) is 0 Å². The summed E-state index contributed by atoms with van der Waals surface area (Å²) in [7, 11) is 1.58. The molecule has 1 atom stereocenters. The predicted octanol–water partition coefficient (Wildman–Crippen LogP) is 1.43. The minimum absolute atomic E-state index is 0.0622. The highest BCUT2D eigenvalue weighted by atomic mass is 16.6. The van der Waals surface area contributed by atoms with E-state index in [9.17, 15) is 14.7 Å². The van der Waals surface area contributed by atoms with Crippen LogP contribution in [0.25, 0.3) is 0 Å². The van der Waals surface area contributed by atoms with Crippen LogP contribution >= 0.6 is 0 Å². The van der Waals surface area contributed by atoms with Gasteiger partial charge < -0.3 is 19.9 Å². The molecule has 0 aliphatic heterocycles. The lowest BCUT2D eigenvalue weighted by atomic mass is 9.88. The molecular weight excluding hydrogens is 262 g/mol. The first kappa shape index (κ1) is 18.9. The Morgan fingerprint density at radius 3 is 1.85 bits per heavy atom. The molecule has 0 aromatic heterocycles. The summed E-state index contributed by atoms with van der Waals surface area (Å²) in [6.45, 7) is 10.2. The molecule has 0 aliphatic carbocycles. The van der Waals surface area contributed by atoms with E-state index in [2.05, 4.69) is 5.32 Å². The standard InChI is InChI=1S/C14H27NO5/c1-12(2,3)19-9-14(8-15-7,10(16)17)11(18)20-13(4,5)6/h15H,8-9H2,1-7H3,(H,16,17)/t14-/m0/s1. The number of hydrogen-bond donors (Lipinski definition) is 2. The van der Waals surface area contributed by atoms with E-state index in [-0.39, 0.29) is 13.2 Å². The maximum atomic E-state index is 12.3. The highest BCUT2D eigenvalue weighted by Gasteiger charge is 2.49. The molecule has 2 N–H and O–H groups in total. The second-order valence-corrected chi connectivity index (χ2v) is 6.82. The van der Waals surface area contributed by atoms with Crippen molar-refractivity contribution < 1.29 is 24.2 Å². The van der Waals surface area contributed by atoms with E-state index in [1.54, 1.807) is 48.6 Å². The van der Waals surface area contributed by atoms with Crippen molar-refractivity contribution in [1.29, 1.82) is 0 Å². The van der Waals surface area contributed by atoms with E-state index < -0.39 is 28.6 Å².